The van der Waals surface area contributed by atoms with Crippen LogP contribution in [0.3, 0.4) is 0 Å². The average molecular weight is 219 g/mol. The fraction of sp³-hybridized carbons (Fsp3) is 0.900. The summed E-state index contributed by atoms with van der Waals surface area (Å²) in [5.41, 5.74) is 0. The zero-order chi connectivity index (χ0) is 10.6. The van der Waals surface area contributed by atoms with Crippen LogP contribution < -0.4 is 0 Å². The second kappa shape index (κ2) is 5.56. The fourth-order valence-corrected chi connectivity index (χ4v) is 2.32. The summed E-state index contributed by atoms with van der Waals surface area (Å²) in [6.07, 6.45) is 2.11. The van der Waals surface area contributed by atoms with E-state index in [9.17, 15) is 4.79 Å². The number of hydrogen-bond donors (Lipinski definition) is 0. The number of rotatable bonds is 3. The second-order valence-corrected chi connectivity index (χ2v) is 4.02. The highest BCUT2D eigenvalue weighted by Crippen LogP contribution is 2.17. The lowest BCUT2D eigenvalue weighted by Gasteiger charge is -2.36. The normalized spacial score (nSPS) is 19.0. The summed E-state index contributed by atoms with van der Waals surface area (Å²) < 4.78 is 0. The van der Waals surface area contributed by atoms with Crippen molar-refractivity contribution in [3.8, 4) is 0 Å². The Labute approximate surface area is 91.0 Å². The number of carbonyl (C=O) groups excluding carboxylic acids is 1. The molecular formula is C10H19ClN2O. The number of piperidine rings is 1. The fourth-order valence-electron chi connectivity index (χ4n) is 2.15. The Morgan fingerprint density at radius 1 is 1.36 bits per heavy atom. The molecule has 0 unspecified atom stereocenters. The van der Waals surface area contributed by atoms with Crippen LogP contribution in [0.1, 0.15) is 26.7 Å². The molecule has 0 bridgehead atoms. The molecule has 0 radical (unpaired) electrons. The summed E-state index contributed by atoms with van der Waals surface area (Å²) in [6, 6.07) is 0.636. The van der Waals surface area contributed by atoms with E-state index in [-0.39, 0.29) is 5.37 Å². The maximum atomic E-state index is 10.9. The van der Waals surface area contributed by atoms with E-state index in [4.69, 9.17) is 11.6 Å². The topological polar surface area (TPSA) is 23.6 Å². The van der Waals surface area contributed by atoms with Gasteiger partial charge in [0.05, 0.1) is 0 Å². The SMILES string of the molecule is CCN(CC)C1CCN(C(=O)Cl)CC1. The number of halogens is 1. The molecule has 0 saturated carbocycles. The van der Waals surface area contributed by atoms with Crippen LogP contribution in [0.4, 0.5) is 4.79 Å². The first kappa shape index (κ1) is 11.8. The molecule has 14 heavy (non-hydrogen) atoms. The number of likely N-dealkylation sites (tertiary alicyclic amines) is 1. The van der Waals surface area contributed by atoms with Gasteiger partial charge in [-0.05, 0) is 37.5 Å². The molecular weight excluding hydrogens is 200 g/mol. The molecule has 1 aliphatic rings. The Hall–Kier alpha value is -0.280. The second-order valence-electron chi connectivity index (χ2n) is 3.69. The Kier molecular flexibility index (Phi) is 4.69. The van der Waals surface area contributed by atoms with Crippen molar-refractivity contribution < 1.29 is 4.79 Å². The van der Waals surface area contributed by atoms with Gasteiger partial charge in [0.25, 0.3) is 0 Å². The van der Waals surface area contributed by atoms with Gasteiger partial charge in [0.2, 0.25) is 0 Å². The van der Waals surface area contributed by atoms with Crippen LogP contribution >= 0.6 is 11.6 Å². The number of carbonyl (C=O) groups is 1. The van der Waals surface area contributed by atoms with E-state index in [1.54, 1.807) is 4.90 Å². The van der Waals surface area contributed by atoms with Crippen LogP contribution in [0, 0.1) is 0 Å². The van der Waals surface area contributed by atoms with E-state index in [0.29, 0.717) is 6.04 Å². The van der Waals surface area contributed by atoms with Gasteiger partial charge in [-0.2, -0.15) is 0 Å². The van der Waals surface area contributed by atoms with Crippen LogP contribution in [0.5, 0.6) is 0 Å². The van der Waals surface area contributed by atoms with Crippen molar-refractivity contribution in [2.45, 2.75) is 32.7 Å². The van der Waals surface area contributed by atoms with E-state index < -0.39 is 0 Å². The highest BCUT2D eigenvalue weighted by atomic mass is 35.5. The summed E-state index contributed by atoms with van der Waals surface area (Å²) in [7, 11) is 0. The van der Waals surface area contributed by atoms with Crippen LogP contribution in [0.25, 0.3) is 0 Å². The quantitative estimate of drug-likeness (QED) is 0.536. The van der Waals surface area contributed by atoms with E-state index in [1.165, 1.54) is 0 Å². The molecule has 1 saturated heterocycles. The van der Waals surface area contributed by atoms with Crippen LogP contribution in [-0.4, -0.2) is 47.4 Å². The standard InChI is InChI=1S/C10H19ClN2O/c1-3-12(4-2)9-5-7-13(8-6-9)10(11)14/h9H,3-8H2,1-2H3. The summed E-state index contributed by atoms with van der Waals surface area (Å²) in [5.74, 6) is 0. The molecule has 3 nitrogen and oxygen atoms in total. The first-order chi connectivity index (χ1) is 6.69. The summed E-state index contributed by atoms with van der Waals surface area (Å²) in [6.45, 7) is 8.17. The molecule has 0 spiro atoms. The van der Waals surface area contributed by atoms with E-state index in [1.807, 2.05) is 0 Å². The first-order valence-corrected chi connectivity index (χ1v) is 5.75. The predicted octanol–water partition coefficient (Wildman–Crippen LogP) is 2.15. The lowest BCUT2D eigenvalue weighted by molar-refractivity contribution is 0.133. The molecule has 1 heterocycles. The molecule has 82 valence electrons. The molecule has 4 heteroatoms. The third-order valence-electron chi connectivity index (χ3n) is 3.04. The molecule has 0 aromatic rings. The molecule has 1 fully saturated rings. The molecule has 1 rings (SSSR count). The summed E-state index contributed by atoms with van der Waals surface area (Å²) in [5, 5.41) is -0.303. The first-order valence-electron chi connectivity index (χ1n) is 5.37. The predicted molar refractivity (Wildman–Crippen MR) is 58.8 cm³/mol. The third kappa shape index (κ3) is 2.85. The van der Waals surface area contributed by atoms with Crippen molar-refractivity contribution in [2.24, 2.45) is 0 Å². The van der Waals surface area contributed by atoms with Crippen molar-refractivity contribution in [3.05, 3.63) is 0 Å². The lowest BCUT2D eigenvalue weighted by atomic mass is 10.0. The average Bonchev–Trinajstić information content (AvgIpc) is 2.20. The minimum absolute atomic E-state index is 0.303. The Balaban J connectivity index is 2.38. The monoisotopic (exact) mass is 218 g/mol. The van der Waals surface area contributed by atoms with Gasteiger partial charge in [-0.15, -0.1) is 0 Å². The van der Waals surface area contributed by atoms with Crippen molar-refractivity contribution in [2.75, 3.05) is 26.2 Å². The molecule has 0 atom stereocenters. The Bertz CT molecular complexity index is 187. The van der Waals surface area contributed by atoms with Crippen LogP contribution in [-0.2, 0) is 0 Å². The summed E-state index contributed by atoms with van der Waals surface area (Å²) in [4.78, 5) is 15.1. The molecule has 0 aromatic carbocycles. The van der Waals surface area contributed by atoms with Gasteiger partial charge in [0.15, 0.2) is 0 Å². The zero-order valence-electron chi connectivity index (χ0n) is 9.00. The lowest BCUT2D eigenvalue weighted by Crippen LogP contribution is -2.45. The van der Waals surface area contributed by atoms with Crippen molar-refractivity contribution in [1.82, 2.24) is 9.80 Å². The maximum Gasteiger partial charge on any atom is 0.316 e. The molecule has 1 aliphatic heterocycles. The van der Waals surface area contributed by atoms with Gasteiger partial charge >= 0.3 is 5.37 Å². The molecule has 0 N–H and O–H groups in total. The van der Waals surface area contributed by atoms with E-state index >= 15 is 0 Å². The zero-order valence-corrected chi connectivity index (χ0v) is 9.76. The largest absolute Gasteiger partial charge is 0.329 e. The highest BCUT2D eigenvalue weighted by molar-refractivity contribution is 6.62. The number of nitrogens with zero attached hydrogens (tertiary/aromatic N) is 2. The minimum Gasteiger partial charge on any atom is -0.329 e. The molecule has 0 aliphatic carbocycles. The van der Waals surface area contributed by atoms with Crippen molar-refractivity contribution >= 4 is 17.0 Å². The van der Waals surface area contributed by atoms with E-state index in [0.717, 1.165) is 39.0 Å². The van der Waals surface area contributed by atoms with Crippen LogP contribution in [0.2, 0.25) is 0 Å². The Morgan fingerprint density at radius 3 is 2.21 bits per heavy atom. The van der Waals surface area contributed by atoms with E-state index in [2.05, 4.69) is 18.7 Å². The van der Waals surface area contributed by atoms with Gasteiger partial charge in [-0.1, -0.05) is 13.8 Å². The van der Waals surface area contributed by atoms with Crippen molar-refractivity contribution in [1.29, 1.82) is 0 Å². The van der Waals surface area contributed by atoms with Gasteiger partial charge in [0.1, 0.15) is 0 Å². The summed E-state index contributed by atoms with van der Waals surface area (Å²) >= 11 is 5.43. The van der Waals surface area contributed by atoms with Gasteiger partial charge in [-0.3, -0.25) is 4.79 Å². The van der Waals surface area contributed by atoms with Crippen molar-refractivity contribution in [3.63, 3.8) is 0 Å². The minimum atomic E-state index is -0.303. The maximum absolute atomic E-state index is 10.9. The van der Waals surface area contributed by atoms with Gasteiger partial charge < -0.3 is 9.80 Å². The molecule has 1 amide bonds. The Morgan fingerprint density at radius 2 is 1.86 bits per heavy atom. The van der Waals surface area contributed by atoms with Gasteiger partial charge in [0, 0.05) is 19.1 Å². The highest BCUT2D eigenvalue weighted by Gasteiger charge is 2.24. The number of amides is 1. The third-order valence-corrected chi connectivity index (χ3v) is 3.28. The molecule has 0 aromatic heterocycles. The van der Waals surface area contributed by atoms with Gasteiger partial charge in [-0.25, -0.2) is 0 Å². The number of hydrogen-bond acceptors (Lipinski definition) is 2. The smallest absolute Gasteiger partial charge is 0.316 e. The van der Waals surface area contributed by atoms with Crippen LogP contribution in [0.15, 0.2) is 0 Å².